The molecule has 1 aliphatic rings. The molecule has 0 radical (unpaired) electrons. The number of ether oxygens (including phenoxy) is 1. The lowest BCUT2D eigenvalue weighted by molar-refractivity contribution is -0.144. The van der Waals surface area contributed by atoms with Gasteiger partial charge in [-0.15, -0.1) is 0 Å². The van der Waals surface area contributed by atoms with E-state index in [1.54, 1.807) is 29.2 Å². The number of rotatable bonds is 6. The van der Waals surface area contributed by atoms with Crippen LogP contribution in [0.2, 0.25) is 0 Å². The fourth-order valence-electron chi connectivity index (χ4n) is 2.44. The molecule has 0 amide bonds. The summed E-state index contributed by atoms with van der Waals surface area (Å²) in [6.45, 7) is 1.72. The maximum Gasteiger partial charge on any atom is 0.322 e. The normalized spacial score (nSPS) is 17.7. The summed E-state index contributed by atoms with van der Waals surface area (Å²) < 4.78 is 31.6. The van der Waals surface area contributed by atoms with Gasteiger partial charge in [0, 0.05) is 16.7 Å². The molecule has 7 nitrogen and oxygen atoms in total. The summed E-state index contributed by atoms with van der Waals surface area (Å²) in [5, 5.41) is 9.53. The summed E-state index contributed by atoms with van der Waals surface area (Å²) in [7, 11) is -3.59. The van der Waals surface area contributed by atoms with Crippen molar-refractivity contribution >= 4 is 44.3 Å². The van der Waals surface area contributed by atoms with Gasteiger partial charge in [-0.05, 0) is 46.9 Å². The van der Waals surface area contributed by atoms with E-state index in [4.69, 9.17) is 4.74 Å². The van der Waals surface area contributed by atoms with Crippen LogP contribution in [0, 0.1) is 3.57 Å². The van der Waals surface area contributed by atoms with Gasteiger partial charge in [0.05, 0.1) is 31.7 Å². The number of morpholine rings is 1. The van der Waals surface area contributed by atoms with Crippen LogP contribution in [0.1, 0.15) is 0 Å². The largest absolute Gasteiger partial charge is 0.480 e. The maximum absolute atomic E-state index is 12.1. The van der Waals surface area contributed by atoms with Gasteiger partial charge < -0.3 is 9.84 Å². The SMILES string of the molecule is CS(=O)(=O)N(C[C@@H](C(=O)O)N1CCOCC1)c1ccc(I)cc1. The lowest BCUT2D eigenvalue weighted by atomic mass is 10.2. The number of halogens is 1. The summed E-state index contributed by atoms with van der Waals surface area (Å²) in [5.41, 5.74) is 0.465. The molecule has 1 saturated heterocycles. The number of sulfonamides is 1. The number of carboxylic acids is 1. The first kappa shape index (κ1) is 18.4. The molecule has 1 fully saturated rings. The highest BCUT2D eigenvalue weighted by Crippen LogP contribution is 2.21. The van der Waals surface area contributed by atoms with Crippen LogP contribution in [0.15, 0.2) is 24.3 Å². The van der Waals surface area contributed by atoms with Crippen LogP contribution in [0.5, 0.6) is 0 Å². The Morgan fingerprint density at radius 1 is 1.35 bits per heavy atom. The van der Waals surface area contributed by atoms with Gasteiger partial charge in [0.15, 0.2) is 0 Å². The molecule has 1 atom stereocenters. The quantitative estimate of drug-likeness (QED) is 0.642. The predicted octanol–water partition coefficient (Wildman–Crippen LogP) is 0.843. The molecule has 0 aliphatic carbocycles. The van der Waals surface area contributed by atoms with E-state index in [0.717, 1.165) is 14.1 Å². The van der Waals surface area contributed by atoms with E-state index in [1.807, 2.05) is 0 Å². The van der Waals surface area contributed by atoms with E-state index in [2.05, 4.69) is 22.6 Å². The second kappa shape index (κ2) is 7.77. The lowest BCUT2D eigenvalue weighted by Gasteiger charge is -2.35. The number of carbonyl (C=O) groups is 1. The smallest absolute Gasteiger partial charge is 0.322 e. The third kappa shape index (κ3) is 5.03. The van der Waals surface area contributed by atoms with Crippen LogP contribution in [0.25, 0.3) is 0 Å². The highest BCUT2D eigenvalue weighted by Gasteiger charge is 2.32. The molecule has 2 rings (SSSR count). The lowest BCUT2D eigenvalue weighted by Crippen LogP contribution is -2.53. The van der Waals surface area contributed by atoms with Gasteiger partial charge in [0.1, 0.15) is 6.04 Å². The Balaban J connectivity index is 2.27. The van der Waals surface area contributed by atoms with Crippen molar-refractivity contribution in [3.8, 4) is 0 Å². The van der Waals surface area contributed by atoms with E-state index in [0.29, 0.717) is 32.0 Å². The van der Waals surface area contributed by atoms with Crippen LogP contribution in [-0.4, -0.2) is 69.5 Å². The molecular weight excluding hydrogens is 435 g/mol. The summed E-state index contributed by atoms with van der Waals surface area (Å²) in [5.74, 6) is -1.04. The second-order valence-electron chi connectivity index (χ2n) is 5.27. The fraction of sp³-hybridized carbons (Fsp3) is 0.500. The van der Waals surface area contributed by atoms with Crippen LogP contribution in [-0.2, 0) is 19.6 Å². The zero-order valence-electron chi connectivity index (χ0n) is 12.7. The molecule has 0 spiro atoms. The van der Waals surface area contributed by atoms with E-state index in [-0.39, 0.29) is 6.54 Å². The van der Waals surface area contributed by atoms with Crippen LogP contribution in [0.4, 0.5) is 5.69 Å². The topological polar surface area (TPSA) is 87.2 Å². The minimum Gasteiger partial charge on any atom is -0.480 e. The van der Waals surface area contributed by atoms with Gasteiger partial charge in [0.2, 0.25) is 10.0 Å². The monoisotopic (exact) mass is 454 g/mol. The first-order valence-electron chi connectivity index (χ1n) is 7.07. The molecule has 1 aromatic carbocycles. The van der Waals surface area contributed by atoms with Gasteiger partial charge >= 0.3 is 5.97 Å². The zero-order chi connectivity index (χ0) is 17.0. The molecule has 128 valence electrons. The molecule has 0 aromatic heterocycles. The Morgan fingerprint density at radius 3 is 2.39 bits per heavy atom. The van der Waals surface area contributed by atoms with Crippen LogP contribution < -0.4 is 4.31 Å². The van der Waals surface area contributed by atoms with Crippen molar-refractivity contribution in [3.05, 3.63) is 27.8 Å². The molecule has 0 saturated carbocycles. The Morgan fingerprint density at radius 2 is 1.91 bits per heavy atom. The number of carboxylic acid groups (broad SMARTS) is 1. The van der Waals surface area contributed by atoms with Gasteiger partial charge in [0.25, 0.3) is 0 Å². The van der Waals surface area contributed by atoms with Gasteiger partial charge in [-0.2, -0.15) is 0 Å². The summed E-state index contributed by atoms with van der Waals surface area (Å²) >= 11 is 2.13. The Labute approximate surface area is 149 Å². The molecular formula is C14H19IN2O5S. The third-order valence-electron chi connectivity index (χ3n) is 3.63. The second-order valence-corrected chi connectivity index (χ2v) is 8.43. The van der Waals surface area contributed by atoms with E-state index in [9.17, 15) is 18.3 Å². The molecule has 1 aliphatic heterocycles. The van der Waals surface area contributed by atoms with Crippen molar-refractivity contribution in [1.29, 1.82) is 0 Å². The molecule has 0 unspecified atom stereocenters. The molecule has 9 heteroatoms. The number of nitrogens with zero attached hydrogens (tertiary/aromatic N) is 2. The minimum atomic E-state index is -3.59. The highest BCUT2D eigenvalue weighted by atomic mass is 127. The van der Waals surface area contributed by atoms with E-state index >= 15 is 0 Å². The Hall–Kier alpha value is -0.910. The number of anilines is 1. The molecule has 0 bridgehead atoms. The van der Waals surface area contributed by atoms with Crippen molar-refractivity contribution in [1.82, 2.24) is 4.90 Å². The number of aliphatic carboxylic acids is 1. The Kier molecular flexibility index (Phi) is 6.23. The molecule has 1 aromatic rings. The van der Waals surface area contributed by atoms with Crippen molar-refractivity contribution in [2.45, 2.75) is 6.04 Å². The molecule has 1 N–H and O–H groups in total. The van der Waals surface area contributed by atoms with E-state index < -0.39 is 22.0 Å². The van der Waals surface area contributed by atoms with Gasteiger partial charge in [-0.1, -0.05) is 0 Å². The molecule has 1 heterocycles. The van der Waals surface area contributed by atoms with Crippen molar-refractivity contribution in [3.63, 3.8) is 0 Å². The standard InChI is InChI=1S/C14H19IN2O5S/c1-23(20,21)17(12-4-2-11(15)3-5-12)10-13(14(18)19)16-6-8-22-9-7-16/h2-5,13H,6-10H2,1H3,(H,18,19)/t13-/m0/s1. The summed E-state index contributed by atoms with van der Waals surface area (Å²) in [4.78, 5) is 13.4. The van der Waals surface area contributed by atoms with Crippen LogP contribution >= 0.6 is 22.6 Å². The average molecular weight is 454 g/mol. The van der Waals surface area contributed by atoms with Crippen molar-refractivity contribution in [2.75, 3.05) is 43.4 Å². The number of hydrogen-bond donors (Lipinski definition) is 1. The maximum atomic E-state index is 12.1. The minimum absolute atomic E-state index is 0.130. The first-order chi connectivity index (χ1) is 10.8. The third-order valence-corrected chi connectivity index (χ3v) is 5.50. The Bertz CT molecular complexity index is 644. The highest BCUT2D eigenvalue weighted by molar-refractivity contribution is 14.1. The van der Waals surface area contributed by atoms with Gasteiger partial charge in [-0.3, -0.25) is 14.0 Å². The average Bonchev–Trinajstić information content (AvgIpc) is 2.49. The van der Waals surface area contributed by atoms with Crippen molar-refractivity contribution in [2.24, 2.45) is 0 Å². The number of hydrogen-bond acceptors (Lipinski definition) is 5. The van der Waals surface area contributed by atoms with Crippen molar-refractivity contribution < 1.29 is 23.1 Å². The zero-order valence-corrected chi connectivity index (χ0v) is 15.7. The molecule has 23 heavy (non-hydrogen) atoms. The van der Waals surface area contributed by atoms with E-state index in [1.165, 1.54) is 0 Å². The first-order valence-corrected chi connectivity index (χ1v) is 9.99. The summed E-state index contributed by atoms with van der Waals surface area (Å²) in [6, 6.07) is 6.03. The fourth-order valence-corrected chi connectivity index (χ4v) is 3.71. The van der Waals surface area contributed by atoms with Gasteiger partial charge in [-0.25, -0.2) is 8.42 Å². The van der Waals surface area contributed by atoms with Crippen LogP contribution in [0.3, 0.4) is 0 Å². The summed E-state index contributed by atoms with van der Waals surface area (Å²) in [6.07, 6.45) is 1.09. The number of benzene rings is 1. The predicted molar refractivity (Wildman–Crippen MR) is 95.2 cm³/mol.